The predicted molar refractivity (Wildman–Crippen MR) is 54.6 cm³/mol. The normalized spacial score (nSPS) is 11.4. The zero-order chi connectivity index (χ0) is 13.1. The minimum Gasteiger partial charge on any atom is -0.466 e. The summed E-state index contributed by atoms with van der Waals surface area (Å²) in [5.74, 6) is -0.607. The molecule has 0 spiro atoms. The van der Waals surface area contributed by atoms with Crippen molar-refractivity contribution in [2.24, 2.45) is 0 Å². The molecule has 1 rings (SSSR count). The third-order valence-corrected chi connectivity index (χ3v) is 2.16. The van der Waals surface area contributed by atoms with Crippen LogP contribution in [0.1, 0.15) is 18.1 Å². The van der Waals surface area contributed by atoms with Crippen LogP contribution < -0.4 is 0 Å². The summed E-state index contributed by atoms with van der Waals surface area (Å²) < 4.78 is 42.0. The van der Waals surface area contributed by atoms with Gasteiger partial charge in [-0.05, 0) is 18.6 Å². The molecular weight excluding hydrogens is 259 g/mol. The maximum atomic E-state index is 12.5. The van der Waals surface area contributed by atoms with Crippen molar-refractivity contribution in [3.05, 3.63) is 28.5 Å². The number of ether oxygens (including phenoxy) is 1. The van der Waals surface area contributed by atoms with E-state index in [4.69, 9.17) is 11.6 Å². The second-order valence-corrected chi connectivity index (χ2v) is 3.52. The molecule has 0 aromatic carbocycles. The third kappa shape index (κ3) is 3.89. The Hall–Kier alpha value is -1.30. The van der Waals surface area contributed by atoms with Gasteiger partial charge in [-0.25, -0.2) is 4.98 Å². The predicted octanol–water partition coefficient (Wildman–Crippen LogP) is 2.86. The third-order valence-electron chi connectivity index (χ3n) is 1.85. The van der Waals surface area contributed by atoms with Crippen molar-refractivity contribution in [1.29, 1.82) is 0 Å². The van der Waals surface area contributed by atoms with Crippen molar-refractivity contribution in [1.82, 2.24) is 4.98 Å². The Morgan fingerprint density at radius 3 is 2.71 bits per heavy atom. The van der Waals surface area contributed by atoms with Crippen molar-refractivity contribution in [3.63, 3.8) is 0 Å². The van der Waals surface area contributed by atoms with E-state index in [1.54, 1.807) is 6.92 Å². The molecule has 0 saturated carbocycles. The van der Waals surface area contributed by atoms with Gasteiger partial charge in [-0.15, -0.1) is 0 Å². The topological polar surface area (TPSA) is 39.2 Å². The molecule has 94 valence electrons. The van der Waals surface area contributed by atoms with Gasteiger partial charge < -0.3 is 4.74 Å². The number of hydrogen-bond donors (Lipinski definition) is 0. The number of rotatable bonds is 3. The lowest BCUT2D eigenvalue weighted by Gasteiger charge is -2.09. The number of esters is 1. The van der Waals surface area contributed by atoms with Gasteiger partial charge in [0.05, 0.1) is 18.6 Å². The van der Waals surface area contributed by atoms with Crippen LogP contribution in [0.25, 0.3) is 0 Å². The van der Waals surface area contributed by atoms with Gasteiger partial charge >= 0.3 is 12.1 Å². The first-order valence-corrected chi connectivity index (χ1v) is 5.09. The molecule has 0 atom stereocenters. The molecule has 0 aliphatic heterocycles. The van der Waals surface area contributed by atoms with E-state index < -0.39 is 22.9 Å². The molecule has 7 heteroatoms. The van der Waals surface area contributed by atoms with E-state index in [0.717, 1.165) is 12.3 Å². The van der Waals surface area contributed by atoms with Crippen LogP contribution in [0.4, 0.5) is 13.2 Å². The lowest BCUT2D eigenvalue weighted by Crippen LogP contribution is -2.11. The van der Waals surface area contributed by atoms with E-state index in [2.05, 4.69) is 9.72 Å². The van der Waals surface area contributed by atoms with Gasteiger partial charge in [0.25, 0.3) is 0 Å². The lowest BCUT2D eigenvalue weighted by atomic mass is 10.1. The highest BCUT2D eigenvalue weighted by molar-refractivity contribution is 6.30. The summed E-state index contributed by atoms with van der Waals surface area (Å²) in [6, 6.07) is 0.798. The van der Waals surface area contributed by atoms with Crippen molar-refractivity contribution < 1.29 is 22.7 Å². The molecule has 17 heavy (non-hydrogen) atoms. The molecule has 0 amide bonds. The molecule has 0 radical (unpaired) electrons. The van der Waals surface area contributed by atoms with E-state index in [-0.39, 0.29) is 18.6 Å². The van der Waals surface area contributed by atoms with Crippen LogP contribution in [0.2, 0.25) is 5.15 Å². The highest BCUT2D eigenvalue weighted by atomic mass is 35.5. The Bertz CT molecular complexity index is 421. The van der Waals surface area contributed by atoms with Crippen molar-refractivity contribution in [2.45, 2.75) is 19.5 Å². The van der Waals surface area contributed by atoms with Crippen LogP contribution in [0.15, 0.2) is 12.3 Å². The average molecular weight is 268 g/mol. The largest absolute Gasteiger partial charge is 0.466 e. The van der Waals surface area contributed by atoms with Crippen LogP contribution in [0.5, 0.6) is 0 Å². The Kier molecular flexibility index (Phi) is 4.34. The summed E-state index contributed by atoms with van der Waals surface area (Å²) in [6.07, 6.45) is -3.73. The quantitative estimate of drug-likeness (QED) is 0.624. The first kappa shape index (κ1) is 13.8. The second-order valence-electron chi connectivity index (χ2n) is 3.16. The Morgan fingerprint density at radius 1 is 1.53 bits per heavy atom. The summed E-state index contributed by atoms with van der Waals surface area (Å²) in [4.78, 5) is 14.5. The molecule has 1 aromatic rings. The Morgan fingerprint density at radius 2 is 2.18 bits per heavy atom. The molecule has 0 bridgehead atoms. The van der Waals surface area contributed by atoms with E-state index in [0.29, 0.717) is 0 Å². The second kappa shape index (κ2) is 5.35. The van der Waals surface area contributed by atoms with E-state index in [1.165, 1.54) is 0 Å². The zero-order valence-corrected chi connectivity index (χ0v) is 9.60. The minimum atomic E-state index is -4.59. The first-order chi connectivity index (χ1) is 7.84. The SMILES string of the molecule is CCOC(=O)Cc1cnc(Cl)c(C(F)(F)F)c1. The molecule has 0 fully saturated rings. The molecule has 0 aliphatic carbocycles. The maximum absolute atomic E-state index is 12.5. The van der Waals surface area contributed by atoms with Crippen molar-refractivity contribution in [2.75, 3.05) is 6.61 Å². The summed E-state index contributed by atoms with van der Waals surface area (Å²) in [5.41, 5.74) is -0.943. The van der Waals surface area contributed by atoms with Crippen LogP contribution in [-0.4, -0.2) is 17.6 Å². The highest BCUT2D eigenvalue weighted by Crippen LogP contribution is 2.33. The van der Waals surface area contributed by atoms with Gasteiger partial charge in [0.15, 0.2) is 0 Å². The molecule has 1 heterocycles. The van der Waals surface area contributed by atoms with Crippen LogP contribution in [0.3, 0.4) is 0 Å². The number of carbonyl (C=O) groups excluding carboxylic acids is 1. The maximum Gasteiger partial charge on any atom is 0.419 e. The number of carbonyl (C=O) groups is 1. The zero-order valence-electron chi connectivity index (χ0n) is 8.84. The van der Waals surface area contributed by atoms with E-state index in [9.17, 15) is 18.0 Å². The minimum absolute atomic E-state index is 0.111. The Labute approximate surface area is 101 Å². The van der Waals surface area contributed by atoms with Crippen molar-refractivity contribution >= 4 is 17.6 Å². The van der Waals surface area contributed by atoms with Crippen molar-refractivity contribution in [3.8, 4) is 0 Å². The number of alkyl halides is 3. The standard InChI is InChI=1S/C10H9ClF3NO2/c1-2-17-8(16)4-6-3-7(10(12,13)14)9(11)15-5-6/h3,5H,2,4H2,1H3. The van der Waals surface area contributed by atoms with Gasteiger partial charge in [0.2, 0.25) is 0 Å². The number of nitrogens with zero attached hydrogens (tertiary/aromatic N) is 1. The van der Waals surface area contributed by atoms with Gasteiger partial charge in [-0.3, -0.25) is 4.79 Å². The fraction of sp³-hybridized carbons (Fsp3) is 0.400. The number of halogens is 4. The molecule has 3 nitrogen and oxygen atoms in total. The summed E-state index contributed by atoms with van der Waals surface area (Å²) in [6.45, 7) is 1.78. The highest BCUT2D eigenvalue weighted by Gasteiger charge is 2.34. The van der Waals surface area contributed by atoms with Crippen LogP contribution in [0, 0.1) is 0 Å². The van der Waals surface area contributed by atoms with Gasteiger partial charge in [-0.1, -0.05) is 11.6 Å². The monoisotopic (exact) mass is 267 g/mol. The van der Waals surface area contributed by atoms with Crippen LogP contribution >= 0.6 is 11.6 Å². The van der Waals surface area contributed by atoms with Crippen LogP contribution in [-0.2, 0) is 22.1 Å². The molecule has 0 N–H and O–H groups in total. The number of aromatic nitrogens is 1. The fourth-order valence-corrected chi connectivity index (χ4v) is 1.38. The van der Waals surface area contributed by atoms with Gasteiger partial charge in [-0.2, -0.15) is 13.2 Å². The summed E-state index contributed by atoms with van der Waals surface area (Å²) >= 11 is 5.33. The number of hydrogen-bond acceptors (Lipinski definition) is 3. The van der Waals surface area contributed by atoms with Gasteiger partial charge in [0, 0.05) is 6.20 Å². The molecule has 0 aliphatic rings. The summed E-state index contributed by atoms with van der Waals surface area (Å²) in [7, 11) is 0. The molecule has 1 aromatic heterocycles. The van der Waals surface area contributed by atoms with Gasteiger partial charge in [0.1, 0.15) is 5.15 Å². The van der Waals surface area contributed by atoms with E-state index in [1.807, 2.05) is 0 Å². The first-order valence-electron chi connectivity index (χ1n) is 4.71. The summed E-state index contributed by atoms with van der Waals surface area (Å²) in [5, 5.41) is -0.634. The average Bonchev–Trinajstić information content (AvgIpc) is 2.19. The smallest absolute Gasteiger partial charge is 0.419 e. The lowest BCUT2D eigenvalue weighted by molar-refractivity contribution is -0.142. The molecule has 0 saturated heterocycles. The van der Waals surface area contributed by atoms with E-state index >= 15 is 0 Å². The molecular formula is C10H9ClF3NO2. The molecule has 0 unspecified atom stereocenters. The fourth-order valence-electron chi connectivity index (χ4n) is 1.17. The Balaban J connectivity index is 2.93. The number of pyridine rings is 1.